The molecular formula is C13H17N3O. The van der Waals surface area contributed by atoms with Gasteiger partial charge in [-0.3, -0.25) is 9.66 Å². The molecule has 0 atom stereocenters. The van der Waals surface area contributed by atoms with Gasteiger partial charge in [-0.2, -0.15) is 0 Å². The molecule has 0 radical (unpaired) electrons. The second-order valence-corrected chi connectivity index (χ2v) is 4.20. The molecule has 0 fully saturated rings. The van der Waals surface area contributed by atoms with E-state index < -0.39 is 0 Å². The fraction of sp³-hybridized carbons (Fsp3) is 0.308. The van der Waals surface area contributed by atoms with Gasteiger partial charge >= 0.3 is 0 Å². The van der Waals surface area contributed by atoms with E-state index in [4.69, 9.17) is 0 Å². The quantitative estimate of drug-likeness (QED) is 0.852. The number of aromatic nitrogens is 2. The Labute approximate surface area is 101 Å². The maximum atomic E-state index is 9.69. The topological polar surface area (TPSA) is 50.1 Å². The van der Waals surface area contributed by atoms with Gasteiger partial charge in [-0.05, 0) is 45.0 Å². The third kappa shape index (κ3) is 2.41. The summed E-state index contributed by atoms with van der Waals surface area (Å²) in [5.41, 5.74) is 7.08. The van der Waals surface area contributed by atoms with Crippen molar-refractivity contribution in [2.45, 2.75) is 27.3 Å². The van der Waals surface area contributed by atoms with Crippen LogP contribution in [-0.2, 0) is 6.54 Å². The zero-order valence-corrected chi connectivity index (χ0v) is 10.4. The highest BCUT2D eigenvalue weighted by Crippen LogP contribution is 2.15. The Balaban J connectivity index is 2.15. The number of nitrogens with one attached hydrogen (secondary N) is 1. The Morgan fingerprint density at radius 2 is 1.76 bits per heavy atom. The third-order valence-corrected chi connectivity index (χ3v) is 2.77. The number of pyridine rings is 1. The molecule has 0 aromatic carbocycles. The van der Waals surface area contributed by atoms with E-state index in [0.29, 0.717) is 12.2 Å². The van der Waals surface area contributed by atoms with Crippen molar-refractivity contribution < 1.29 is 5.11 Å². The van der Waals surface area contributed by atoms with Crippen LogP contribution in [0.5, 0.6) is 5.75 Å². The van der Waals surface area contributed by atoms with Gasteiger partial charge in [0.2, 0.25) is 0 Å². The first-order valence-corrected chi connectivity index (χ1v) is 5.62. The Hall–Kier alpha value is -1.97. The molecule has 0 amide bonds. The Morgan fingerprint density at radius 1 is 1.12 bits per heavy atom. The van der Waals surface area contributed by atoms with Gasteiger partial charge in [0.25, 0.3) is 0 Å². The molecule has 2 aromatic heterocycles. The van der Waals surface area contributed by atoms with Crippen molar-refractivity contribution in [2.75, 3.05) is 5.43 Å². The minimum absolute atomic E-state index is 0.227. The van der Waals surface area contributed by atoms with Gasteiger partial charge in [-0.1, -0.05) is 0 Å². The average molecular weight is 231 g/mol. The normalized spacial score (nSPS) is 10.5. The van der Waals surface area contributed by atoms with Crippen LogP contribution in [0.2, 0.25) is 0 Å². The highest BCUT2D eigenvalue weighted by molar-refractivity contribution is 5.28. The zero-order valence-electron chi connectivity index (χ0n) is 10.4. The highest BCUT2D eigenvalue weighted by Gasteiger charge is 2.05. The van der Waals surface area contributed by atoms with Crippen molar-refractivity contribution in [3.05, 3.63) is 47.0 Å². The van der Waals surface area contributed by atoms with Crippen molar-refractivity contribution in [2.24, 2.45) is 0 Å². The summed E-state index contributed by atoms with van der Waals surface area (Å²) in [5.74, 6) is 0.227. The van der Waals surface area contributed by atoms with Crippen LogP contribution >= 0.6 is 0 Å². The van der Waals surface area contributed by atoms with E-state index >= 15 is 0 Å². The SMILES string of the molecule is Cc1ccc(O)c(CNn2c(C)ccc2C)n1. The lowest BCUT2D eigenvalue weighted by Crippen LogP contribution is -2.17. The largest absolute Gasteiger partial charge is 0.506 e. The summed E-state index contributed by atoms with van der Waals surface area (Å²) in [6.07, 6.45) is 0. The van der Waals surface area contributed by atoms with E-state index in [1.165, 1.54) is 0 Å². The standard InChI is InChI=1S/C13H17N3O/c1-9-4-7-13(17)12(15-9)8-14-16-10(2)5-6-11(16)3/h4-7,14,17H,8H2,1-3H3. The van der Waals surface area contributed by atoms with Crippen molar-refractivity contribution in [1.29, 1.82) is 0 Å². The summed E-state index contributed by atoms with van der Waals surface area (Å²) in [5, 5.41) is 9.69. The lowest BCUT2D eigenvalue weighted by Gasteiger charge is -2.13. The molecule has 0 aliphatic rings. The summed E-state index contributed by atoms with van der Waals surface area (Å²) >= 11 is 0. The molecule has 0 spiro atoms. The molecule has 4 heteroatoms. The third-order valence-electron chi connectivity index (χ3n) is 2.77. The monoisotopic (exact) mass is 231 g/mol. The first-order chi connectivity index (χ1) is 8.08. The van der Waals surface area contributed by atoms with Crippen LogP contribution in [0.25, 0.3) is 0 Å². The molecule has 0 aliphatic carbocycles. The van der Waals surface area contributed by atoms with Crippen molar-refractivity contribution in [3.8, 4) is 5.75 Å². The number of aryl methyl sites for hydroxylation is 3. The summed E-state index contributed by atoms with van der Waals surface area (Å²) in [6, 6.07) is 7.57. The van der Waals surface area contributed by atoms with Crippen molar-refractivity contribution in [1.82, 2.24) is 9.66 Å². The molecule has 17 heavy (non-hydrogen) atoms. The number of hydrogen-bond donors (Lipinski definition) is 2. The second-order valence-electron chi connectivity index (χ2n) is 4.20. The minimum atomic E-state index is 0.227. The molecule has 2 heterocycles. The van der Waals surface area contributed by atoms with E-state index in [1.54, 1.807) is 12.1 Å². The molecule has 0 saturated carbocycles. The van der Waals surface area contributed by atoms with Gasteiger partial charge < -0.3 is 10.5 Å². The Morgan fingerprint density at radius 3 is 2.41 bits per heavy atom. The summed E-state index contributed by atoms with van der Waals surface area (Å²) in [4.78, 5) is 4.31. The summed E-state index contributed by atoms with van der Waals surface area (Å²) in [7, 11) is 0. The Bertz CT molecular complexity index is 512. The van der Waals surface area contributed by atoms with E-state index in [-0.39, 0.29) is 5.75 Å². The first kappa shape index (κ1) is 11.5. The van der Waals surface area contributed by atoms with Gasteiger partial charge in [0.05, 0.1) is 6.54 Å². The molecular weight excluding hydrogens is 214 g/mol. The van der Waals surface area contributed by atoms with Gasteiger partial charge in [0, 0.05) is 17.1 Å². The van der Waals surface area contributed by atoms with Gasteiger partial charge in [0.15, 0.2) is 0 Å². The average Bonchev–Trinajstić information content (AvgIpc) is 2.61. The number of hydrogen-bond acceptors (Lipinski definition) is 3. The molecule has 0 bridgehead atoms. The van der Waals surface area contributed by atoms with Crippen LogP contribution in [0.3, 0.4) is 0 Å². The fourth-order valence-corrected chi connectivity index (χ4v) is 1.81. The molecule has 0 aliphatic heterocycles. The lowest BCUT2D eigenvalue weighted by molar-refractivity contribution is 0.463. The van der Waals surface area contributed by atoms with Gasteiger partial charge in [0.1, 0.15) is 11.4 Å². The van der Waals surface area contributed by atoms with Gasteiger partial charge in [-0.25, -0.2) is 0 Å². The van der Waals surface area contributed by atoms with E-state index in [9.17, 15) is 5.11 Å². The maximum absolute atomic E-state index is 9.69. The molecule has 0 unspecified atom stereocenters. The highest BCUT2D eigenvalue weighted by atomic mass is 16.3. The van der Waals surface area contributed by atoms with Crippen LogP contribution in [0.1, 0.15) is 22.8 Å². The van der Waals surface area contributed by atoms with Crippen molar-refractivity contribution >= 4 is 0 Å². The minimum Gasteiger partial charge on any atom is -0.506 e. The predicted molar refractivity (Wildman–Crippen MR) is 67.6 cm³/mol. The van der Waals surface area contributed by atoms with Crippen LogP contribution < -0.4 is 5.43 Å². The van der Waals surface area contributed by atoms with Crippen LogP contribution in [-0.4, -0.2) is 14.8 Å². The molecule has 4 nitrogen and oxygen atoms in total. The fourth-order valence-electron chi connectivity index (χ4n) is 1.81. The number of rotatable bonds is 3. The van der Waals surface area contributed by atoms with Gasteiger partial charge in [-0.15, -0.1) is 0 Å². The molecule has 2 aromatic rings. The van der Waals surface area contributed by atoms with Crippen LogP contribution in [0.15, 0.2) is 24.3 Å². The van der Waals surface area contributed by atoms with Crippen LogP contribution in [0.4, 0.5) is 0 Å². The molecule has 90 valence electrons. The number of nitrogens with zero attached hydrogens (tertiary/aromatic N) is 2. The molecule has 2 N–H and O–H groups in total. The molecule has 0 saturated heterocycles. The maximum Gasteiger partial charge on any atom is 0.139 e. The van der Waals surface area contributed by atoms with E-state index in [0.717, 1.165) is 17.1 Å². The van der Waals surface area contributed by atoms with Crippen molar-refractivity contribution in [3.63, 3.8) is 0 Å². The lowest BCUT2D eigenvalue weighted by atomic mass is 10.3. The van der Waals surface area contributed by atoms with Crippen LogP contribution in [0, 0.1) is 20.8 Å². The predicted octanol–water partition coefficient (Wildman–Crippen LogP) is 2.26. The number of aromatic hydroxyl groups is 1. The summed E-state index contributed by atoms with van der Waals surface area (Å²) in [6.45, 7) is 6.48. The molecule has 2 rings (SSSR count). The summed E-state index contributed by atoms with van der Waals surface area (Å²) < 4.78 is 1.99. The Kier molecular flexibility index (Phi) is 3.04. The zero-order chi connectivity index (χ0) is 12.4. The second kappa shape index (κ2) is 4.49. The first-order valence-electron chi connectivity index (χ1n) is 5.62. The van der Waals surface area contributed by atoms with E-state index in [1.807, 2.05) is 37.6 Å². The van der Waals surface area contributed by atoms with E-state index in [2.05, 4.69) is 10.4 Å². The smallest absolute Gasteiger partial charge is 0.139 e.